The number of aliphatic hydroxyl groups is 2. The van der Waals surface area contributed by atoms with Crippen molar-refractivity contribution < 1.29 is 10.2 Å². The van der Waals surface area contributed by atoms with E-state index in [-0.39, 0.29) is 6.61 Å². The van der Waals surface area contributed by atoms with Gasteiger partial charge in [-0.1, -0.05) is 15.9 Å². The van der Waals surface area contributed by atoms with E-state index in [1.54, 1.807) is 11.8 Å². The number of aliphatic hydroxyl groups excluding tert-OH is 2. The normalized spacial score (nSPS) is 12.8. The van der Waals surface area contributed by atoms with Gasteiger partial charge in [0.15, 0.2) is 0 Å². The zero-order valence-corrected chi connectivity index (χ0v) is 11.5. The Kier molecular flexibility index (Phi) is 6.38. The van der Waals surface area contributed by atoms with E-state index in [1.165, 1.54) is 5.56 Å². The van der Waals surface area contributed by atoms with Crippen LogP contribution in [0.4, 0.5) is 0 Å². The second-order valence-electron chi connectivity index (χ2n) is 3.43. The highest BCUT2D eigenvalue weighted by Crippen LogP contribution is 2.26. The summed E-state index contributed by atoms with van der Waals surface area (Å²) in [6.45, 7) is 0.599. The van der Waals surface area contributed by atoms with Crippen molar-refractivity contribution in [1.29, 1.82) is 0 Å². The van der Waals surface area contributed by atoms with Crippen molar-refractivity contribution in [3.8, 4) is 0 Å². The molecule has 0 fully saturated rings. The van der Waals surface area contributed by atoms with Gasteiger partial charge in [-0.3, -0.25) is 0 Å². The molecule has 0 aromatic heterocycles. The predicted molar refractivity (Wildman–Crippen MR) is 70.7 cm³/mol. The SMILES string of the molecule is CNCc1cc(Br)ccc1SCC(O)CO. The summed E-state index contributed by atoms with van der Waals surface area (Å²) in [4.78, 5) is 1.13. The van der Waals surface area contributed by atoms with Crippen LogP contribution in [0.2, 0.25) is 0 Å². The fourth-order valence-corrected chi connectivity index (χ4v) is 2.62. The molecule has 1 unspecified atom stereocenters. The Balaban J connectivity index is 2.70. The van der Waals surface area contributed by atoms with Crippen molar-refractivity contribution in [2.45, 2.75) is 17.5 Å². The van der Waals surface area contributed by atoms with Crippen LogP contribution in [0.15, 0.2) is 27.6 Å². The number of halogens is 1. The lowest BCUT2D eigenvalue weighted by molar-refractivity contribution is 0.113. The van der Waals surface area contributed by atoms with E-state index in [0.717, 1.165) is 15.9 Å². The maximum Gasteiger partial charge on any atom is 0.0864 e. The largest absolute Gasteiger partial charge is 0.394 e. The highest BCUT2D eigenvalue weighted by atomic mass is 79.9. The molecule has 90 valence electrons. The average molecular weight is 306 g/mol. The summed E-state index contributed by atoms with van der Waals surface area (Å²) in [6, 6.07) is 6.06. The molecule has 3 nitrogen and oxygen atoms in total. The van der Waals surface area contributed by atoms with Gasteiger partial charge in [0.25, 0.3) is 0 Å². The van der Waals surface area contributed by atoms with E-state index >= 15 is 0 Å². The van der Waals surface area contributed by atoms with Gasteiger partial charge in [-0.25, -0.2) is 0 Å². The van der Waals surface area contributed by atoms with Crippen molar-refractivity contribution in [2.75, 3.05) is 19.4 Å². The second-order valence-corrected chi connectivity index (χ2v) is 5.41. The molecule has 1 aromatic carbocycles. The van der Waals surface area contributed by atoms with Gasteiger partial charge in [0.1, 0.15) is 0 Å². The van der Waals surface area contributed by atoms with Crippen molar-refractivity contribution in [3.05, 3.63) is 28.2 Å². The van der Waals surface area contributed by atoms with Gasteiger partial charge in [-0.2, -0.15) is 0 Å². The van der Waals surface area contributed by atoms with Crippen LogP contribution in [0, 0.1) is 0 Å². The van der Waals surface area contributed by atoms with E-state index in [2.05, 4.69) is 27.3 Å². The third-order valence-electron chi connectivity index (χ3n) is 2.03. The molecule has 0 amide bonds. The zero-order chi connectivity index (χ0) is 12.0. The fourth-order valence-electron chi connectivity index (χ4n) is 1.26. The van der Waals surface area contributed by atoms with Crippen LogP contribution in [0.3, 0.4) is 0 Å². The zero-order valence-electron chi connectivity index (χ0n) is 9.11. The Morgan fingerprint density at radius 3 is 2.88 bits per heavy atom. The lowest BCUT2D eigenvalue weighted by Gasteiger charge is -2.11. The van der Waals surface area contributed by atoms with Gasteiger partial charge in [0.2, 0.25) is 0 Å². The molecule has 16 heavy (non-hydrogen) atoms. The first-order chi connectivity index (χ1) is 7.67. The van der Waals surface area contributed by atoms with Crippen LogP contribution in [0.25, 0.3) is 0 Å². The van der Waals surface area contributed by atoms with Gasteiger partial charge >= 0.3 is 0 Å². The Morgan fingerprint density at radius 1 is 1.50 bits per heavy atom. The van der Waals surface area contributed by atoms with Crippen LogP contribution in [-0.4, -0.2) is 35.7 Å². The minimum Gasteiger partial charge on any atom is -0.394 e. The molecule has 1 aromatic rings. The van der Waals surface area contributed by atoms with Crippen LogP contribution in [0.5, 0.6) is 0 Å². The van der Waals surface area contributed by atoms with E-state index in [0.29, 0.717) is 5.75 Å². The van der Waals surface area contributed by atoms with Crippen molar-refractivity contribution >= 4 is 27.7 Å². The lowest BCUT2D eigenvalue weighted by Crippen LogP contribution is -2.15. The van der Waals surface area contributed by atoms with Gasteiger partial charge in [-0.05, 0) is 30.8 Å². The molecule has 1 rings (SSSR count). The summed E-state index contributed by atoms with van der Waals surface area (Å²) < 4.78 is 1.05. The Hall–Kier alpha value is -0.0700. The summed E-state index contributed by atoms with van der Waals surface area (Å²) in [5.74, 6) is 0.509. The molecule has 3 N–H and O–H groups in total. The molecule has 0 aliphatic heterocycles. The first-order valence-corrected chi connectivity index (χ1v) is 6.80. The number of hydrogen-bond acceptors (Lipinski definition) is 4. The highest BCUT2D eigenvalue weighted by molar-refractivity contribution is 9.10. The minimum absolute atomic E-state index is 0.190. The van der Waals surface area contributed by atoms with Gasteiger partial charge in [0.05, 0.1) is 12.7 Å². The molecular weight excluding hydrogens is 290 g/mol. The number of thioether (sulfide) groups is 1. The second kappa shape index (κ2) is 7.29. The van der Waals surface area contributed by atoms with Crippen molar-refractivity contribution in [3.63, 3.8) is 0 Å². The molecule has 5 heteroatoms. The maximum atomic E-state index is 9.30. The fraction of sp³-hybridized carbons (Fsp3) is 0.455. The lowest BCUT2D eigenvalue weighted by atomic mass is 10.2. The monoisotopic (exact) mass is 305 g/mol. The van der Waals surface area contributed by atoms with Gasteiger partial charge < -0.3 is 15.5 Å². The van der Waals surface area contributed by atoms with Crippen LogP contribution in [-0.2, 0) is 6.54 Å². The third kappa shape index (κ3) is 4.43. The van der Waals surface area contributed by atoms with Crippen molar-refractivity contribution in [2.24, 2.45) is 0 Å². The summed E-state index contributed by atoms with van der Waals surface area (Å²) in [7, 11) is 1.90. The Labute approximate surface area is 108 Å². The van der Waals surface area contributed by atoms with Crippen LogP contribution >= 0.6 is 27.7 Å². The van der Waals surface area contributed by atoms with Crippen molar-refractivity contribution in [1.82, 2.24) is 5.32 Å². The number of hydrogen-bond donors (Lipinski definition) is 3. The molecule has 0 bridgehead atoms. The standard InChI is InChI=1S/C11H16BrNO2S/c1-13-5-8-4-9(12)2-3-11(8)16-7-10(15)6-14/h2-4,10,13-15H,5-7H2,1H3. The molecule has 1 atom stereocenters. The summed E-state index contributed by atoms with van der Waals surface area (Å²) in [5.41, 5.74) is 1.19. The molecule has 0 saturated carbocycles. The van der Waals surface area contributed by atoms with Crippen LogP contribution < -0.4 is 5.32 Å². The summed E-state index contributed by atoms with van der Waals surface area (Å²) >= 11 is 4.99. The molecule has 0 spiro atoms. The smallest absolute Gasteiger partial charge is 0.0864 e. The van der Waals surface area contributed by atoms with Gasteiger partial charge in [0, 0.05) is 21.7 Å². The van der Waals surface area contributed by atoms with E-state index in [9.17, 15) is 5.11 Å². The summed E-state index contributed by atoms with van der Waals surface area (Å²) in [6.07, 6.45) is -0.656. The minimum atomic E-state index is -0.656. The quantitative estimate of drug-likeness (QED) is 0.699. The first kappa shape index (κ1) is 14.0. The van der Waals surface area contributed by atoms with Gasteiger partial charge in [-0.15, -0.1) is 11.8 Å². The molecule has 0 aliphatic carbocycles. The van der Waals surface area contributed by atoms with Crippen LogP contribution in [0.1, 0.15) is 5.56 Å². The van der Waals surface area contributed by atoms with E-state index < -0.39 is 6.10 Å². The molecule has 0 saturated heterocycles. The molecular formula is C11H16BrNO2S. The molecule has 0 radical (unpaired) electrons. The number of rotatable bonds is 6. The summed E-state index contributed by atoms with van der Waals surface area (Å²) in [5, 5.41) is 21.2. The van der Waals surface area contributed by atoms with E-state index in [1.807, 2.05) is 19.2 Å². The predicted octanol–water partition coefficient (Wildman–Crippen LogP) is 1.61. The first-order valence-electron chi connectivity index (χ1n) is 5.02. The number of nitrogens with one attached hydrogen (secondary N) is 1. The molecule has 0 aliphatic rings. The third-order valence-corrected chi connectivity index (χ3v) is 3.79. The number of benzene rings is 1. The average Bonchev–Trinajstić information content (AvgIpc) is 2.28. The van der Waals surface area contributed by atoms with E-state index in [4.69, 9.17) is 5.11 Å². The Morgan fingerprint density at radius 2 is 2.25 bits per heavy atom. The maximum absolute atomic E-state index is 9.30. The highest BCUT2D eigenvalue weighted by Gasteiger charge is 2.07. The topological polar surface area (TPSA) is 52.5 Å². The Bertz CT molecular complexity index is 336. The molecule has 0 heterocycles.